The quantitative estimate of drug-likeness (QED) is 0.169. The van der Waals surface area contributed by atoms with Crippen molar-refractivity contribution in [3.05, 3.63) is 188 Å². The summed E-state index contributed by atoms with van der Waals surface area (Å²) in [6.45, 7) is 0. The van der Waals surface area contributed by atoms with Gasteiger partial charge in [-0.05, 0) is 76.6 Å². The van der Waals surface area contributed by atoms with Crippen LogP contribution in [0.4, 0.5) is 0 Å². The summed E-state index contributed by atoms with van der Waals surface area (Å²) >= 11 is 0. The Bertz CT molecular complexity index is 2950. The molecule has 10 rings (SSSR count). The van der Waals surface area contributed by atoms with E-state index in [0.29, 0.717) is 11.4 Å². The van der Waals surface area contributed by atoms with E-state index in [4.69, 9.17) is 9.97 Å². The number of fused-ring (bicyclic) bond motifs is 4. The maximum Gasteiger partial charge on any atom is 0.148 e. The number of hydrogen-bond acceptors (Lipinski definition) is 3. The van der Waals surface area contributed by atoms with Crippen LogP contribution in [-0.2, 0) is 21.1 Å². The predicted molar refractivity (Wildman–Crippen MR) is 215 cm³/mol. The molecule has 0 aliphatic rings. The number of imidazole rings is 1. The number of para-hydroxylation sites is 5. The van der Waals surface area contributed by atoms with Crippen LogP contribution < -0.4 is 0 Å². The summed E-state index contributed by atoms with van der Waals surface area (Å²) in [6.07, 6.45) is 1.89. The van der Waals surface area contributed by atoms with Gasteiger partial charge < -0.3 is 9.67 Å². The molecule has 10 aromatic rings. The van der Waals surface area contributed by atoms with E-state index in [1.54, 1.807) is 6.07 Å². The molecule has 54 heavy (non-hydrogen) atoms. The summed E-state index contributed by atoms with van der Waals surface area (Å²) in [5.41, 5.74) is 12.3. The van der Waals surface area contributed by atoms with Gasteiger partial charge in [0.15, 0.2) is 0 Å². The van der Waals surface area contributed by atoms with Crippen LogP contribution in [-0.4, -0.2) is 24.2 Å². The van der Waals surface area contributed by atoms with E-state index < -0.39 is 0 Å². The van der Waals surface area contributed by atoms with Crippen LogP contribution in [0.1, 0.15) is 0 Å². The Hall–Kier alpha value is -6.55. The van der Waals surface area contributed by atoms with Gasteiger partial charge in [0.2, 0.25) is 0 Å². The van der Waals surface area contributed by atoms with Crippen molar-refractivity contribution >= 4 is 32.8 Å². The molecule has 3 aromatic heterocycles. The molecule has 0 aliphatic heterocycles. The molecular weight excluding hydrogens is 844 g/mol. The molecule has 1 N–H and O–H groups in total. The van der Waals surface area contributed by atoms with Gasteiger partial charge >= 0.3 is 0 Å². The normalized spacial score (nSPS) is 11.3. The van der Waals surface area contributed by atoms with Gasteiger partial charge in [-0.1, -0.05) is 132 Å². The molecule has 5 nitrogen and oxygen atoms in total. The van der Waals surface area contributed by atoms with Gasteiger partial charge in [0.25, 0.3) is 0 Å². The minimum atomic E-state index is 0. The predicted octanol–water partition coefficient (Wildman–Crippen LogP) is 11.7. The van der Waals surface area contributed by atoms with E-state index in [-0.39, 0.29) is 26.8 Å². The van der Waals surface area contributed by atoms with Crippen LogP contribution >= 0.6 is 0 Å². The summed E-state index contributed by atoms with van der Waals surface area (Å²) in [5, 5.41) is 13.3. The summed E-state index contributed by atoms with van der Waals surface area (Å²) < 4.78 is 4.46. The summed E-state index contributed by atoms with van der Waals surface area (Å²) in [5.74, 6) is 0.839. The van der Waals surface area contributed by atoms with Crippen molar-refractivity contribution in [2.45, 2.75) is 0 Å². The molecule has 6 heteroatoms. The van der Waals surface area contributed by atoms with Crippen LogP contribution in [0.15, 0.2) is 182 Å². The topological polar surface area (TPSA) is 55.9 Å². The molecule has 0 bridgehead atoms. The minimum Gasteiger partial charge on any atom is -0.507 e. The first-order valence-corrected chi connectivity index (χ1v) is 17.7. The van der Waals surface area contributed by atoms with Crippen LogP contribution in [0.3, 0.4) is 0 Å². The van der Waals surface area contributed by atoms with Crippen molar-refractivity contribution in [3.8, 4) is 62.0 Å². The standard InChI is InChI=1S/C48H31N4O.Pt/c53-45-26-13-11-22-39(45)48-50-46-37(23-14-25-44(46)52(48)36-19-8-3-9-20-36)34-29-40-38-21-10-12-24-43(38)51(35-17-6-2-7-18-35)47(40)41(30-34)42-31-33(27-28-49-42)32-15-4-1-5-16-32;/h1-29,31,53H;/q-1;. The van der Waals surface area contributed by atoms with Gasteiger partial charge in [0.1, 0.15) is 11.6 Å². The average Bonchev–Trinajstić information content (AvgIpc) is 3.78. The Balaban J connectivity index is 0.00000384. The van der Waals surface area contributed by atoms with Crippen molar-refractivity contribution < 1.29 is 26.2 Å². The monoisotopic (exact) mass is 874 g/mol. The van der Waals surface area contributed by atoms with Crippen molar-refractivity contribution in [1.82, 2.24) is 19.1 Å². The first-order chi connectivity index (χ1) is 26.2. The number of hydrogen-bond donors (Lipinski definition) is 1. The Morgan fingerprint density at radius 1 is 0.519 bits per heavy atom. The van der Waals surface area contributed by atoms with E-state index in [2.05, 4.69) is 137 Å². The van der Waals surface area contributed by atoms with Crippen LogP contribution in [0, 0.1) is 6.07 Å². The number of aromatic hydroxyl groups is 1. The van der Waals surface area contributed by atoms with E-state index in [1.807, 2.05) is 54.7 Å². The third-order valence-electron chi connectivity index (χ3n) is 9.97. The van der Waals surface area contributed by atoms with E-state index in [1.165, 1.54) is 0 Å². The maximum absolute atomic E-state index is 11.1. The number of rotatable bonds is 6. The van der Waals surface area contributed by atoms with Gasteiger partial charge in [-0.15, -0.1) is 17.7 Å². The van der Waals surface area contributed by atoms with Crippen molar-refractivity contribution in [2.75, 3.05) is 0 Å². The van der Waals surface area contributed by atoms with Gasteiger partial charge in [-0.25, -0.2) is 4.98 Å². The number of nitrogens with zero attached hydrogens (tertiary/aromatic N) is 4. The first-order valence-electron chi connectivity index (χ1n) is 17.7. The molecule has 0 saturated carbocycles. The Labute approximate surface area is 326 Å². The number of aromatic nitrogens is 4. The van der Waals surface area contributed by atoms with E-state index >= 15 is 0 Å². The zero-order chi connectivity index (χ0) is 35.3. The number of phenolic OH excluding ortho intramolecular Hbond substituents is 1. The zero-order valence-corrected chi connectivity index (χ0v) is 31.1. The number of phenols is 1. The van der Waals surface area contributed by atoms with Crippen molar-refractivity contribution in [3.63, 3.8) is 0 Å². The fourth-order valence-corrected chi connectivity index (χ4v) is 7.58. The summed E-state index contributed by atoms with van der Waals surface area (Å²) in [4.78, 5) is 10.3. The SMILES string of the molecule is Oc1ccccc1-c1nc2c(-c3[c-]c(-c4cc(-c5ccccc5)ccn4)c4c(c3)c3ccccc3n4-c3ccccc3)cccc2n1-c1ccccc1.[Pt]. The van der Waals surface area contributed by atoms with Crippen LogP contribution in [0.25, 0.3) is 89.1 Å². The largest absolute Gasteiger partial charge is 0.507 e. The molecule has 0 atom stereocenters. The van der Waals surface area contributed by atoms with Gasteiger partial charge in [-0.2, -0.15) is 0 Å². The van der Waals surface area contributed by atoms with Crippen molar-refractivity contribution in [1.29, 1.82) is 0 Å². The van der Waals surface area contributed by atoms with Gasteiger partial charge in [0.05, 0.1) is 16.6 Å². The van der Waals surface area contributed by atoms with Crippen LogP contribution in [0.5, 0.6) is 5.75 Å². The molecular formula is C48H31N4OPt-. The van der Waals surface area contributed by atoms with Crippen molar-refractivity contribution in [2.24, 2.45) is 0 Å². The Kier molecular flexibility index (Phi) is 8.49. The molecule has 0 saturated heterocycles. The average molecular weight is 875 g/mol. The molecule has 3 heterocycles. The summed E-state index contributed by atoms with van der Waals surface area (Å²) in [6, 6.07) is 63.7. The molecule has 0 spiro atoms. The van der Waals surface area contributed by atoms with Gasteiger partial charge in [-0.3, -0.25) is 9.55 Å². The third-order valence-corrected chi connectivity index (χ3v) is 9.97. The molecule has 0 unspecified atom stereocenters. The van der Waals surface area contributed by atoms with E-state index in [0.717, 1.165) is 77.7 Å². The molecule has 260 valence electrons. The maximum atomic E-state index is 11.1. The minimum absolute atomic E-state index is 0. The molecule has 7 aromatic carbocycles. The first kappa shape index (κ1) is 33.3. The molecule has 0 radical (unpaired) electrons. The zero-order valence-electron chi connectivity index (χ0n) is 28.9. The number of benzene rings is 7. The Morgan fingerprint density at radius 2 is 1.15 bits per heavy atom. The second kappa shape index (κ2) is 13.8. The van der Waals surface area contributed by atoms with Crippen LogP contribution in [0.2, 0.25) is 0 Å². The Morgan fingerprint density at radius 3 is 1.91 bits per heavy atom. The summed E-state index contributed by atoms with van der Waals surface area (Å²) in [7, 11) is 0. The smallest absolute Gasteiger partial charge is 0.148 e. The van der Waals surface area contributed by atoms with Gasteiger partial charge in [0, 0.05) is 49.8 Å². The fourth-order valence-electron chi connectivity index (χ4n) is 7.58. The second-order valence-electron chi connectivity index (χ2n) is 13.1. The molecule has 0 aliphatic carbocycles. The second-order valence-corrected chi connectivity index (χ2v) is 13.1. The third kappa shape index (κ3) is 5.53. The fraction of sp³-hybridized carbons (Fsp3) is 0. The molecule has 0 amide bonds. The molecule has 0 fully saturated rings. The van der Waals surface area contributed by atoms with E-state index in [9.17, 15) is 5.11 Å². The number of pyridine rings is 1.